The van der Waals surface area contributed by atoms with Crippen LogP contribution in [0.3, 0.4) is 0 Å². The Morgan fingerprint density at radius 3 is 2.78 bits per heavy atom. The molecule has 0 amide bonds. The third-order valence-corrected chi connectivity index (χ3v) is 4.04. The molecule has 1 fully saturated rings. The second kappa shape index (κ2) is 6.65. The lowest BCUT2D eigenvalue weighted by Gasteiger charge is -2.29. The summed E-state index contributed by atoms with van der Waals surface area (Å²) in [5, 5.41) is 0.668. The van der Waals surface area contributed by atoms with Crippen LogP contribution in [0.2, 0.25) is 5.02 Å². The molecule has 0 bridgehead atoms. The first-order valence-electron chi connectivity index (χ1n) is 6.27. The molecule has 4 heteroatoms. The van der Waals surface area contributed by atoms with Crippen LogP contribution in [0.5, 0.6) is 5.75 Å². The zero-order valence-corrected chi connectivity index (χ0v) is 12.0. The van der Waals surface area contributed by atoms with E-state index < -0.39 is 0 Å². The molecule has 0 radical (unpaired) electrons. The standard InChI is InChI=1S/C14H18Cl2O2/c1-17-10-4-2-5-11(8-10)18-14-7-3-6-13(16)12(14)9-15/h3,6-7,10-11H,2,4-5,8-9H2,1H3. The van der Waals surface area contributed by atoms with Crippen LogP contribution in [0.25, 0.3) is 0 Å². The molecule has 0 spiro atoms. The maximum atomic E-state index is 6.11. The van der Waals surface area contributed by atoms with Crippen LogP contribution in [-0.4, -0.2) is 19.3 Å². The van der Waals surface area contributed by atoms with Gasteiger partial charge in [-0.3, -0.25) is 0 Å². The molecule has 100 valence electrons. The fraction of sp³-hybridized carbons (Fsp3) is 0.571. The van der Waals surface area contributed by atoms with E-state index >= 15 is 0 Å². The normalized spacial score (nSPS) is 23.9. The van der Waals surface area contributed by atoms with Gasteiger partial charge in [0, 0.05) is 24.1 Å². The van der Waals surface area contributed by atoms with Crippen LogP contribution in [0, 0.1) is 0 Å². The van der Waals surface area contributed by atoms with Crippen LogP contribution in [0.4, 0.5) is 0 Å². The van der Waals surface area contributed by atoms with Crippen molar-refractivity contribution in [1.29, 1.82) is 0 Å². The van der Waals surface area contributed by atoms with Crippen LogP contribution >= 0.6 is 23.2 Å². The molecule has 1 aromatic carbocycles. The van der Waals surface area contributed by atoms with Crippen molar-refractivity contribution >= 4 is 23.2 Å². The van der Waals surface area contributed by atoms with Crippen LogP contribution in [0.15, 0.2) is 18.2 Å². The van der Waals surface area contributed by atoms with E-state index in [0.29, 0.717) is 17.0 Å². The highest BCUT2D eigenvalue weighted by Gasteiger charge is 2.23. The highest BCUT2D eigenvalue weighted by molar-refractivity contribution is 6.32. The van der Waals surface area contributed by atoms with Crippen molar-refractivity contribution in [3.8, 4) is 5.75 Å². The molecule has 2 unspecified atom stereocenters. The maximum Gasteiger partial charge on any atom is 0.125 e. The van der Waals surface area contributed by atoms with Gasteiger partial charge in [-0.25, -0.2) is 0 Å². The molecule has 0 heterocycles. The van der Waals surface area contributed by atoms with Crippen molar-refractivity contribution in [1.82, 2.24) is 0 Å². The zero-order chi connectivity index (χ0) is 13.0. The molecular weight excluding hydrogens is 271 g/mol. The quantitative estimate of drug-likeness (QED) is 0.764. The molecule has 2 rings (SSSR count). The van der Waals surface area contributed by atoms with Gasteiger partial charge >= 0.3 is 0 Å². The molecule has 2 atom stereocenters. The van der Waals surface area contributed by atoms with Gasteiger partial charge in [-0.1, -0.05) is 17.7 Å². The SMILES string of the molecule is COC1CCCC(Oc2cccc(Cl)c2CCl)C1. The Labute approximate surface area is 118 Å². The highest BCUT2D eigenvalue weighted by atomic mass is 35.5. The van der Waals surface area contributed by atoms with Crippen molar-refractivity contribution in [3.05, 3.63) is 28.8 Å². The van der Waals surface area contributed by atoms with E-state index in [0.717, 1.165) is 37.0 Å². The first-order chi connectivity index (χ1) is 8.74. The Balaban J connectivity index is 2.07. The molecule has 0 aliphatic heterocycles. The first-order valence-corrected chi connectivity index (χ1v) is 7.18. The Morgan fingerprint density at radius 2 is 2.06 bits per heavy atom. The zero-order valence-electron chi connectivity index (χ0n) is 10.5. The molecule has 0 aromatic heterocycles. The second-order valence-electron chi connectivity index (χ2n) is 4.61. The lowest BCUT2D eigenvalue weighted by Crippen LogP contribution is -2.29. The van der Waals surface area contributed by atoms with Crippen molar-refractivity contribution < 1.29 is 9.47 Å². The van der Waals surface area contributed by atoms with Crippen molar-refractivity contribution in [2.45, 2.75) is 43.8 Å². The van der Waals surface area contributed by atoms with Gasteiger partial charge in [0.15, 0.2) is 0 Å². The van der Waals surface area contributed by atoms with Crippen LogP contribution < -0.4 is 4.74 Å². The van der Waals surface area contributed by atoms with Crippen molar-refractivity contribution in [2.75, 3.05) is 7.11 Å². The van der Waals surface area contributed by atoms with E-state index in [1.54, 1.807) is 7.11 Å². The Morgan fingerprint density at radius 1 is 1.28 bits per heavy atom. The number of methoxy groups -OCH3 is 1. The van der Waals surface area contributed by atoms with Gasteiger partial charge in [0.25, 0.3) is 0 Å². The molecular formula is C14H18Cl2O2. The third-order valence-electron chi connectivity index (χ3n) is 3.41. The van der Waals surface area contributed by atoms with Gasteiger partial charge in [0.05, 0.1) is 12.0 Å². The van der Waals surface area contributed by atoms with E-state index in [-0.39, 0.29) is 6.10 Å². The van der Waals surface area contributed by atoms with E-state index in [4.69, 9.17) is 32.7 Å². The summed E-state index contributed by atoms with van der Waals surface area (Å²) in [6.45, 7) is 0. The molecule has 2 nitrogen and oxygen atoms in total. The Kier molecular flexibility index (Phi) is 5.16. The molecule has 1 saturated carbocycles. The van der Waals surface area contributed by atoms with Gasteiger partial charge in [-0.15, -0.1) is 11.6 Å². The van der Waals surface area contributed by atoms with Gasteiger partial charge in [-0.05, 0) is 31.4 Å². The Hall–Kier alpha value is -0.440. The summed E-state index contributed by atoms with van der Waals surface area (Å²) in [6, 6.07) is 5.66. The number of hydrogen-bond donors (Lipinski definition) is 0. The van der Waals surface area contributed by atoms with E-state index in [1.807, 2.05) is 18.2 Å². The topological polar surface area (TPSA) is 18.5 Å². The van der Waals surface area contributed by atoms with Crippen LogP contribution in [-0.2, 0) is 10.6 Å². The minimum absolute atomic E-state index is 0.198. The molecule has 0 N–H and O–H groups in total. The molecule has 0 saturated heterocycles. The van der Waals surface area contributed by atoms with Crippen molar-refractivity contribution in [3.63, 3.8) is 0 Å². The minimum atomic E-state index is 0.198. The number of hydrogen-bond acceptors (Lipinski definition) is 2. The van der Waals surface area contributed by atoms with Gasteiger partial charge in [0.2, 0.25) is 0 Å². The minimum Gasteiger partial charge on any atom is -0.490 e. The van der Waals surface area contributed by atoms with E-state index in [1.165, 1.54) is 0 Å². The summed E-state index contributed by atoms with van der Waals surface area (Å²) < 4.78 is 11.4. The largest absolute Gasteiger partial charge is 0.490 e. The summed E-state index contributed by atoms with van der Waals surface area (Å²) in [5.74, 6) is 1.18. The van der Waals surface area contributed by atoms with Gasteiger partial charge in [-0.2, -0.15) is 0 Å². The fourth-order valence-corrected chi connectivity index (χ4v) is 2.96. The predicted octanol–water partition coefficient (Wildman–Crippen LogP) is 4.42. The first kappa shape index (κ1) is 14.0. The molecule has 18 heavy (non-hydrogen) atoms. The molecule has 1 aromatic rings. The van der Waals surface area contributed by atoms with Gasteiger partial charge < -0.3 is 9.47 Å². The molecule has 1 aliphatic rings. The summed E-state index contributed by atoms with van der Waals surface area (Å²) in [5.41, 5.74) is 0.875. The Bertz CT molecular complexity index is 395. The number of halogens is 2. The summed E-state index contributed by atoms with van der Waals surface area (Å²) >= 11 is 12.0. The average molecular weight is 289 g/mol. The lowest BCUT2D eigenvalue weighted by molar-refractivity contribution is 0.0207. The lowest BCUT2D eigenvalue weighted by atomic mass is 9.95. The van der Waals surface area contributed by atoms with Crippen molar-refractivity contribution in [2.24, 2.45) is 0 Å². The molecule has 1 aliphatic carbocycles. The highest BCUT2D eigenvalue weighted by Crippen LogP contribution is 2.31. The monoisotopic (exact) mass is 288 g/mol. The smallest absolute Gasteiger partial charge is 0.125 e. The van der Waals surface area contributed by atoms with Crippen LogP contribution in [0.1, 0.15) is 31.2 Å². The number of rotatable bonds is 4. The third kappa shape index (κ3) is 3.31. The van der Waals surface area contributed by atoms with E-state index in [2.05, 4.69) is 0 Å². The number of alkyl halides is 1. The number of benzene rings is 1. The fourth-order valence-electron chi connectivity index (χ4n) is 2.38. The van der Waals surface area contributed by atoms with E-state index in [9.17, 15) is 0 Å². The predicted molar refractivity (Wildman–Crippen MR) is 74.7 cm³/mol. The maximum absolute atomic E-state index is 6.11. The average Bonchev–Trinajstić information content (AvgIpc) is 2.39. The summed E-state index contributed by atoms with van der Waals surface area (Å²) in [4.78, 5) is 0. The number of ether oxygens (including phenoxy) is 2. The summed E-state index contributed by atoms with van der Waals surface area (Å²) in [6.07, 6.45) is 4.76. The second-order valence-corrected chi connectivity index (χ2v) is 5.29. The van der Waals surface area contributed by atoms with Gasteiger partial charge in [0.1, 0.15) is 11.9 Å². The summed E-state index contributed by atoms with van der Waals surface area (Å²) in [7, 11) is 1.76.